The molecular weight excluding hydrogens is 468 g/mol. The molecule has 2 N–H and O–H groups in total. The molecule has 0 spiro atoms. The number of likely N-dealkylation sites (tertiary alicyclic amines) is 1. The zero-order chi connectivity index (χ0) is 25.1. The lowest BCUT2D eigenvalue weighted by molar-refractivity contribution is -0.139. The number of thiazole rings is 1. The summed E-state index contributed by atoms with van der Waals surface area (Å²) in [4.78, 5) is 33.8. The van der Waals surface area contributed by atoms with Gasteiger partial charge in [-0.1, -0.05) is 61.7 Å². The molecule has 1 aromatic heterocycles. The second kappa shape index (κ2) is 11.1. The van der Waals surface area contributed by atoms with Crippen LogP contribution in [0.5, 0.6) is 0 Å². The van der Waals surface area contributed by atoms with Gasteiger partial charge in [-0.15, -0.1) is 11.3 Å². The molecule has 0 bridgehead atoms. The molecule has 3 atom stereocenters. The van der Waals surface area contributed by atoms with Gasteiger partial charge < -0.3 is 15.5 Å². The van der Waals surface area contributed by atoms with E-state index in [9.17, 15) is 9.59 Å². The van der Waals surface area contributed by atoms with E-state index in [2.05, 4.69) is 58.5 Å². The number of fused-ring (bicyclic) bond motifs is 1. The number of hydrogen-bond donors (Lipinski definition) is 2. The summed E-state index contributed by atoms with van der Waals surface area (Å²) in [6, 6.07) is 13.9. The topological polar surface area (TPSA) is 74.3 Å². The lowest BCUT2D eigenvalue weighted by atomic mass is 9.83. The molecule has 1 aliphatic heterocycles. The number of benzene rings is 2. The highest BCUT2D eigenvalue weighted by atomic mass is 32.1. The van der Waals surface area contributed by atoms with Crippen molar-refractivity contribution >= 4 is 33.9 Å². The van der Waals surface area contributed by atoms with Crippen molar-refractivity contribution in [2.24, 2.45) is 5.92 Å². The molecular formula is C29H36N4O2S. The van der Waals surface area contributed by atoms with Crippen LogP contribution < -0.4 is 10.6 Å². The van der Waals surface area contributed by atoms with Crippen molar-refractivity contribution in [2.75, 3.05) is 13.6 Å². The first-order chi connectivity index (χ1) is 17.6. The number of carbonyl (C=O) groups excluding carboxylic acids is 2. The Morgan fingerprint density at radius 2 is 1.81 bits per heavy atom. The van der Waals surface area contributed by atoms with E-state index in [-0.39, 0.29) is 29.8 Å². The minimum atomic E-state index is -0.466. The Hall–Kier alpha value is -2.77. The van der Waals surface area contributed by atoms with Crippen molar-refractivity contribution in [1.29, 1.82) is 0 Å². The van der Waals surface area contributed by atoms with Crippen molar-refractivity contribution in [1.82, 2.24) is 20.5 Å². The van der Waals surface area contributed by atoms with Crippen LogP contribution in [0.3, 0.4) is 0 Å². The normalized spacial score (nSPS) is 20.4. The third-order valence-electron chi connectivity index (χ3n) is 7.92. The van der Waals surface area contributed by atoms with Crippen molar-refractivity contribution in [3.8, 4) is 11.3 Å². The van der Waals surface area contributed by atoms with E-state index in [1.54, 1.807) is 18.4 Å². The van der Waals surface area contributed by atoms with Gasteiger partial charge in [0.1, 0.15) is 11.0 Å². The van der Waals surface area contributed by atoms with Crippen LogP contribution >= 0.6 is 11.3 Å². The van der Waals surface area contributed by atoms with Crippen LogP contribution in [0.4, 0.5) is 0 Å². The van der Waals surface area contributed by atoms with Gasteiger partial charge in [0.05, 0.1) is 17.8 Å². The second-order valence-electron chi connectivity index (χ2n) is 10.2. The molecule has 2 aliphatic rings. The van der Waals surface area contributed by atoms with E-state index in [0.29, 0.717) is 6.54 Å². The van der Waals surface area contributed by atoms with Gasteiger partial charge in [0.15, 0.2) is 0 Å². The summed E-state index contributed by atoms with van der Waals surface area (Å²) in [5.41, 5.74) is 2.09. The van der Waals surface area contributed by atoms with E-state index in [0.717, 1.165) is 54.8 Å². The predicted molar refractivity (Wildman–Crippen MR) is 146 cm³/mol. The molecule has 1 saturated carbocycles. The average Bonchev–Trinajstić information content (AvgIpc) is 3.61. The molecule has 3 aromatic rings. The molecule has 2 heterocycles. The van der Waals surface area contributed by atoms with Crippen LogP contribution in [-0.4, -0.2) is 47.4 Å². The third-order valence-corrected chi connectivity index (χ3v) is 8.87. The Morgan fingerprint density at radius 1 is 1.03 bits per heavy atom. The highest BCUT2D eigenvalue weighted by Crippen LogP contribution is 2.38. The van der Waals surface area contributed by atoms with Crippen molar-refractivity contribution in [3.63, 3.8) is 0 Å². The molecule has 0 radical (unpaired) electrons. The van der Waals surface area contributed by atoms with Gasteiger partial charge in [0.2, 0.25) is 11.8 Å². The highest BCUT2D eigenvalue weighted by molar-refractivity contribution is 7.10. The molecule has 5 rings (SSSR count). The Labute approximate surface area is 217 Å². The van der Waals surface area contributed by atoms with E-state index >= 15 is 0 Å². The molecule has 190 valence electrons. The predicted octanol–water partition coefficient (Wildman–Crippen LogP) is 5.30. The molecule has 1 unspecified atom stereocenters. The maximum Gasteiger partial charge on any atom is 0.246 e. The van der Waals surface area contributed by atoms with Crippen molar-refractivity contribution < 1.29 is 9.59 Å². The van der Waals surface area contributed by atoms with Crippen LogP contribution in [0, 0.1) is 5.92 Å². The van der Waals surface area contributed by atoms with Crippen LogP contribution in [0.2, 0.25) is 0 Å². The first-order valence-electron chi connectivity index (χ1n) is 13.3. The quantitative estimate of drug-likeness (QED) is 0.458. The average molecular weight is 505 g/mol. The molecule has 2 amide bonds. The van der Waals surface area contributed by atoms with E-state index < -0.39 is 6.04 Å². The van der Waals surface area contributed by atoms with Crippen LogP contribution in [0.1, 0.15) is 62.9 Å². The minimum absolute atomic E-state index is 0.0315. The molecule has 1 aliphatic carbocycles. The molecule has 36 heavy (non-hydrogen) atoms. The molecule has 7 heteroatoms. The minimum Gasteiger partial charge on any atom is -0.343 e. The summed E-state index contributed by atoms with van der Waals surface area (Å²) in [5, 5.41) is 11.6. The summed E-state index contributed by atoms with van der Waals surface area (Å²) >= 11 is 1.64. The Morgan fingerprint density at radius 3 is 2.61 bits per heavy atom. The molecule has 2 aromatic carbocycles. The smallest absolute Gasteiger partial charge is 0.246 e. The van der Waals surface area contributed by atoms with Gasteiger partial charge in [-0.3, -0.25) is 9.59 Å². The number of aromatic nitrogens is 1. The van der Waals surface area contributed by atoms with Crippen LogP contribution in [0.25, 0.3) is 22.0 Å². The number of hydrogen-bond acceptors (Lipinski definition) is 5. The standard InChI is InChI=1S/C29H36N4O2S/c1-19(30-2)27(34)32-26(21-11-4-3-5-12-21)29(35)33-17-9-16-25(33)28-31-24(18-36-28)23-15-8-13-20-10-6-7-14-22(20)23/h6-8,10,13-15,18-19,21,25-26,30H,3-5,9,11-12,16-17H2,1-2H3,(H,32,34)/t19-,25-,26?/m0/s1. The van der Waals surface area contributed by atoms with Crippen molar-refractivity contribution in [2.45, 2.75) is 70.0 Å². The van der Waals surface area contributed by atoms with Gasteiger partial charge in [0, 0.05) is 17.5 Å². The zero-order valence-corrected chi connectivity index (χ0v) is 22.0. The van der Waals surface area contributed by atoms with Gasteiger partial charge >= 0.3 is 0 Å². The summed E-state index contributed by atoms with van der Waals surface area (Å²) in [6.07, 6.45) is 7.30. The monoisotopic (exact) mass is 504 g/mol. The summed E-state index contributed by atoms with van der Waals surface area (Å²) in [6.45, 7) is 2.55. The lowest BCUT2D eigenvalue weighted by Crippen LogP contribution is -2.55. The zero-order valence-electron chi connectivity index (χ0n) is 21.2. The maximum absolute atomic E-state index is 14.0. The fourth-order valence-electron chi connectivity index (χ4n) is 5.74. The first kappa shape index (κ1) is 24.9. The lowest BCUT2D eigenvalue weighted by Gasteiger charge is -2.35. The van der Waals surface area contributed by atoms with Gasteiger partial charge in [-0.2, -0.15) is 0 Å². The Kier molecular flexibility index (Phi) is 7.67. The van der Waals surface area contributed by atoms with Gasteiger partial charge in [-0.05, 0) is 56.3 Å². The fourth-order valence-corrected chi connectivity index (χ4v) is 6.70. The highest BCUT2D eigenvalue weighted by Gasteiger charge is 2.40. The number of carbonyl (C=O) groups is 2. The van der Waals surface area contributed by atoms with E-state index in [1.807, 2.05) is 11.8 Å². The third kappa shape index (κ3) is 5.04. The Balaban J connectivity index is 1.40. The number of nitrogens with zero attached hydrogens (tertiary/aromatic N) is 2. The fraction of sp³-hybridized carbons (Fsp3) is 0.483. The maximum atomic E-state index is 14.0. The SMILES string of the molecule is CN[C@@H](C)C(=O)NC(C(=O)N1CCC[C@H]1c1nc(-c2cccc3ccccc23)cs1)C1CCCCC1. The summed E-state index contributed by atoms with van der Waals surface area (Å²) in [7, 11) is 1.77. The number of amides is 2. The van der Waals surface area contributed by atoms with Gasteiger partial charge in [-0.25, -0.2) is 4.98 Å². The Bertz CT molecular complexity index is 1210. The second-order valence-corrected chi connectivity index (χ2v) is 11.1. The van der Waals surface area contributed by atoms with Crippen LogP contribution in [-0.2, 0) is 9.59 Å². The molecule has 2 fully saturated rings. The molecule has 6 nitrogen and oxygen atoms in total. The summed E-state index contributed by atoms with van der Waals surface area (Å²) in [5.74, 6) is 0.149. The van der Waals surface area contributed by atoms with E-state index in [1.165, 1.54) is 17.2 Å². The number of nitrogens with one attached hydrogen (secondary N) is 2. The van der Waals surface area contributed by atoms with Crippen LogP contribution in [0.15, 0.2) is 47.8 Å². The largest absolute Gasteiger partial charge is 0.343 e. The van der Waals surface area contributed by atoms with Gasteiger partial charge in [0.25, 0.3) is 0 Å². The number of likely N-dealkylation sites (N-methyl/N-ethyl adjacent to an activating group) is 1. The van der Waals surface area contributed by atoms with E-state index in [4.69, 9.17) is 4.98 Å². The summed E-state index contributed by atoms with van der Waals surface area (Å²) < 4.78 is 0. The van der Waals surface area contributed by atoms with Crippen molar-refractivity contribution in [3.05, 3.63) is 52.9 Å². The molecule has 1 saturated heterocycles. The first-order valence-corrected chi connectivity index (χ1v) is 14.2. The number of rotatable bonds is 7.